The third-order valence-electron chi connectivity index (χ3n) is 6.26. The third-order valence-corrected chi connectivity index (χ3v) is 7.80. The molecule has 1 saturated heterocycles. The largest absolute Gasteiger partial charge is 0.495 e. The normalized spacial score (nSPS) is 17.0. The summed E-state index contributed by atoms with van der Waals surface area (Å²) in [5.74, 6) is -0.0764. The average Bonchev–Trinajstić information content (AvgIpc) is 3.36. The lowest BCUT2D eigenvalue weighted by Crippen LogP contribution is -2.51. The van der Waals surface area contributed by atoms with Gasteiger partial charge < -0.3 is 19.9 Å². The Morgan fingerprint density at radius 1 is 0.941 bits per heavy atom. The van der Waals surface area contributed by atoms with E-state index in [1.807, 2.05) is 30.3 Å². The molecule has 9 nitrogen and oxygen atoms in total. The van der Waals surface area contributed by atoms with Gasteiger partial charge in [-0.25, -0.2) is 17.9 Å². The van der Waals surface area contributed by atoms with Gasteiger partial charge in [0.15, 0.2) is 0 Å². The van der Waals surface area contributed by atoms with E-state index in [2.05, 4.69) is 10.0 Å². The number of piperazine rings is 1. The van der Waals surface area contributed by atoms with Crippen LogP contribution in [0.4, 0.5) is 10.5 Å². The van der Waals surface area contributed by atoms with Crippen molar-refractivity contribution in [2.45, 2.75) is 36.6 Å². The zero-order valence-electron chi connectivity index (χ0n) is 19.2. The van der Waals surface area contributed by atoms with Crippen LogP contribution >= 0.6 is 0 Å². The molecule has 3 amide bonds. The number of para-hydroxylation sites is 1. The lowest BCUT2D eigenvalue weighted by Gasteiger charge is -2.34. The fourth-order valence-electron chi connectivity index (χ4n) is 4.37. The van der Waals surface area contributed by atoms with Crippen molar-refractivity contribution in [2.75, 3.05) is 38.6 Å². The molecular weight excluding hydrogens is 456 g/mol. The molecule has 2 aliphatic rings. The zero-order valence-corrected chi connectivity index (χ0v) is 20.0. The Kier molecular flexibility index (Phi) is 7.38. The van der Waals surface area contributed by atoms with E-state index in [0.717, 1.165) is 25.7 Å². The molecule has 1 aliphatic carbocycles. The number of hydrogen-bond donors (Lipinski definition) is 2. The number of benzene rings is 2. The molecule has 1 aliphatic heterocycles. The van der Waals surface area contributed by atoms with E-state index in [0.29, 0.717) is 31.9 Å². The number of urea groups is 1. The number of ether oxygens (including phenoxy) is 1. The Morgan fingerprint density at radius 2 is 1.59 bits per heavy atom. The van der Waals surface area contributed by atoms with Crippen LogP contribution in [-0.2, 0) is 10.0 Å². The molecule has 2 fully saturated rings. The van der Waals surface area contributed by atoms with Crippen LogP contribution in [0.5, 0.6) is 5.75 Å². The quantitative estimate of drug-likeness (QED) is 0.653. The summed E-state index contributed by atoms with van der Waals surface area (Å²) in [6.07, 6.45) is 3.61. The molecule has 34 heavy (non-hydrogen) atoms. The van der Waals surface area contributed by atoms with Gasteiger partial charge in [0, 0.05) is 43.5 Å². The maximum absolute atomic E-state index is 13.1. The molecule has 0 atom stereocenters. The van der Waals surface area contributed by atoms with Crippen LogP contribution in [-0.4, -0.2) is 69.5 Å². The number of nitrogens with one attached hydrogen (secondary N) is 2. The molecule has 0 radical (unpaired) electrons. The number of anilines is 1. The van der Waals surface area contributed by atoms with Crippen molar-refractivity contribution in [3.05, 3.63) is 54.1 Å². The van der Waals surface area contributed by atoms with E-state index in [4.69, 9.17) is 4.74 Å². The first kappa shape index (κ1) is 24.0. The summed E-state index contributed by atoms with van der Waals surface area (Å²) >= 11 is 0. The van der Waals surface area contributed by atoms with Crippen molar-refractivity contribution in [1.29, 1.82) is 0 Å². The zero-order chi connectivity index (χ0) is 24.1. The van der Waals surface area contributed by atoms with Crippen molar-refractivity contribution < 1.29 is 22.7 Å². The Hall–Kier alpha value is -3.11. The summed E-state index contributed by atoms with van der Waals surface area (Å²) in [5, 5.41) is 2.85. The van der Waals surface area contributed by atoms with Gasteiger partial charge in [-0.2, -0.15) is 0 Å². The van der Waals surface area contributed by atoms with Gasteiger partial charge in [-0.15, -0.1) is 0 Å². The van der Waals surface area contributed by atoms with Gasteiger partial charge in [-0.05, 0) is 43.2 Å². The minimum atomic E-state index is -3.83. The highest BCUT2D eigenvalue weighted by Gasteiger charge is 2.29. The number of carbonyl (C=O) groups excluding carboxylic acids is 2. The van der Waals surface area contributed by atoms with Crippen LogP contribution in [0.2, 0.25) is 0 Å². The van der Waals surface area contributed by atoms with Crippen molar-refractivity contribution in [2.24, 2.45) is 0 Å². The minimum absolute atomic E-state index is 0.0337. The molecule has 182 valence electrons. The van der Waals surface area contributed by atoms with Crippen molar-refractivity contribution in [3.63, 3.8) is 0 Å². The number of rotatable bonds is 6. The molecule has 0 unspecified atom stereocenters. The van der Waals surface area contributed by atoms with E-state index in [9.17, 15) is 18.0 Å². The molecule has 4 rings (SSSR count). The van der Waals surface area contributed by atoms with Gasteiger partial charge in [-0.1, -0.05) is 31.0 Å². The number of methoxy groups -OCH3 is 1. The maximum Gasteiger partial charge on any atom is 0.321 e. The maximum atomic E-state index is 13.1. The van der Waals surface area contributed by atoms with Crippen LogP contribution in [0.1, 0.15) is 36.0 Å². The molecule has 0 spiro atoms. The van der Waals surface area contributed by atoms with Crippen LogP contribution < -0.4 is 14.8 Å². The second-order valence-corrected chi connectivity index (χ2v) is 10.2. The highest BCUT2D eigenvalue weighted by Crippen LogP contribution is 2.28. The highest BCUT2D eigenvalue weighted by molar-refractivity contribution is 7.89. The molecule has 2 N–H and O–H groups in total. The molecule has 2 aromatic carbocycles. The first-order valence-corrected chi connectivity index (χ1v) is 13.0. The summed E-state index contributed by atoms with van der Waals surface area (Å²) in [4.78, 5) is 28.9. The lowest BCUT2D eigenvalue weighted by atomic mass is 10.1. The van der Waals surface area contributed by atoms with Crippen LogP contribution in [0.3, 0.4) is 0 Å². The van der Waals surface area contributed by atoms with Crippen molar-refractivity contribution in [1.82, 2.24) is 14.5 Å². The molecule has 0 bridgehead atoms. The highest BCUT2D eigenvalue weighted by atomic mass is 32.2. The lowest BCUT2D eigenvalue weighted by molar-refractivity contribution is 0.0671. The SMILES string of the molecule is COc1ccc(C(=O)N2CCN(C(=O)Nc3ccccc3)CC2)cc1S(=O)(=O)NC1CCCC1. The number of hydrogen-bond acceptors (Lipinski definition) is 5. The summed E-state index contributed by atoms with van der Waals surface area (Å²) in [6, 6.07) is 13.4. The van der Waals surface area contributed by atoms with Crippen LogP contribution in [0.25, 0.3) is 0 Å². The Labute approximate surface area is 200 Å². The Balaban J connectivity index is 1.42. The predicted octanol–water partition coefficient (Wildman–Crippen LogP) is 2.91. The minimum Gasteiger partial charge on any atom is -0.495 e. The number of nitrogens with zero attached hydrogens (tertiary/aromatic N) is 2. The second kappa shape index (κ2) is 10.4. The molecule has 1 saturated carbocycles. The number of amides is 3. The molecule has 1 heterocycles. The van der Waals surface area contributed by atoms with Gasteiger partial charge in [0.1, 0.15) is 10.6 Å². The summed E-state index contributed by atoms with van der Waals surface area (Å²) < 4.78 is 34.1. The van der Waals surface area contributed by atoms with Gasteiger partial charge in [-0.3, -0.25) is 4.79 Å². The van der Waals surface area contributed by atoms with Crippen molar-refractivity contribution >= 4 is 27.6 Å². The average molecular weight is 487 g/mol. The van der Waals surface area contributed by atoms with Gasteiger partial charge in [0.05, 0.1) is 7.11 Å². The third kappa shape index (κ3) is 5.51. The van der Waals surface area contributed by atoms with Crippen LogP contribution in [0.15, 0.2) is 53.4 Å². The van der Waals surface area contributed by atoms with E-state index in [1.165, 1.54) is 19.2 Å². The predicted molar refractivity (Wildman–Crippen MR) is 129 cm³/mol. The van der Waals surface area contributed by atoms with Crippen molar-refractivity contribution in [3.8, 4) is 5.75 Å². The topological polar surface area (TPSA) is 108 Å². The second-order valence-electron chi connectivity index (χ2n) is 8.54. The standard InChI is InChI=1S/C24H30N4O5S/c1-33-21-12-11-18(17-22(21)34(31,32)26-20-9-5-6-10-20)23(29)27-13-15-28(16-14-27)24(30)25-19-7-3-2-4-8-19/h2-4,7-8,11-12,17,20,26H,5-6,9-10,13-16H2,1H3,(H,25,30). The molecule has 2 aromatic rings. The summed E-state index contributed by atoms with van der Waals surface area (Å²) in [5.41, 5.74) is 0.985. The smallest absolute Gasteiger partial charge is 0.321 e. The first-order valence-electron chi connectivity index (χ1n) is 11.5. The first-order chi connectivity index (χ1) is 16.4. The van der Waals surface area contributed by atoms with E-state index in [-0.39, 0.29) is 34.2 Å². The van der Waals surface area contributed by atoms with Gasteiger partial charge in [0.2, 0.25) is 10.0 Å². The van der Waals surface area contributed by atoms with E-state index in [1.54, 1.807) is 15.9 Å². The van der Waals surface area contributed by atoms with Gasteiger partial charge in [0.25, 0.3) is 5.91 Å². The summed E-state index contributed by atoms with van der Waals surface area (Å²) in [7, 11) is -2.42. The number of carbonyl (C=O) groups is 2. The molecular formula is C24H30N4O5S. The fraction of sp³-hybridized carbons (Fsp3) is 0.417. The Morgan fingerprint density at radius 3 is 2.24 bits per heavy atom. The molecule has 10 heteroatoms. The van der Waals surface area contributed by atoms with Gasteiger partial charge >= 0.3 is 6.03 Å². The molecule has 0 aromatic heterocycles. The summed E-state index contributed by atoms with van der Waals surface area (Å²) in [6.45, 7) is 1.48. The van der Waals surface area contributed by atoms with E-state index < -0.39 is 10.0 Å². The monoisotopic (exact) mass is 486 g/mol. The number of sulfonamides is 1. The van der Waals surface area contributed by atoms with E-state index >= 15 is 0 Å². The van der Waals surface area contributed by atoms with Crippen LogP contribution in [0, 0.1) is 0 Å². The Bertz CT molecular complexity index is 1130. The fourth-order valence-corrected chi connectivity index (χ4v) is 5.87.